The fraction of sp³-hybridized carbons (Fsp3) is 0.562. The van der Waals surface area contributed by atoms with E-state index >= 15 is 0 Å². The zero-order valence-corrected chi connectivity index (χ0v) is 13.5. The first kappa shape index (κ1) is 16.9. The number of likely N-dealkylation sites (tertiary alicyclic amines) is 1. The van der Waals surface area contributed by atoms with Crippen LogP contribution in [0.25, 0.3) is 0 Å². The highest BCUT2D eigenvalue weighted by molar-refractivity contribution is 5.94. The molecule has 0 aliphatic carbocycles. The molecule has 0 spiro atoms. The normalized spacial score (nSPS) is 16.4. The highest BCUT2D eigenvalue weighted by Crippen LogP contribution is 2.32. The van der Waals surface area contributed by atoms with Crippen molar-refractivity contribution in [2.45, 2.75) is 25.7 Å². The number of carbonyl (C=O) groups is 1. The zero-order chi connectivity index (χ0) is 14.5. The smallest absolute Gasteiger partial charge is 0.251 e. The maximum absolute atomic E-state index is 12.0. The van der Waals surface area contributed by atoms with Crippen LogP contribution in [0, 0.1) is 0 Å². The summed E-state index contributed by atoms with van der Waals surface area (Å²) >= 11 is 0. The van der Waals surface area contributed by atoms with Gasteiger partial charge >= 0.3 is 0 Å². The largest absolute Gasteiger partial charge is 0.454 e. The first-order valence-corrected chi connectivity index (χ1v) is 7.73. The summed E-state index contributed by atoms with van der Waals surface area (Å²) in [5, 5.41) is 2.96. The van der Waals surface area contributed by atoms with Crippen LogP contribution in [0.2, 0.25) is 0 Å². The van der Waals surface area contributed by atoms with Crippen molar-refractivity contribution in [3.63, 3.8) is 0 Å². The van der Waals surface area contributed by atoms with Gasteiger partial charge in [0.1, 0.15) is 0 Å². The maximum atomic E-state index is 12.0. The lowest BCUT2D eigenvalue weighted by atomic mass is 10.2. The van der Waals surface area contributed by atoms with Gasteiger partial charge in [0, 0.05) is 12.1 Å². The molecule has 0 bridgehead atoms. The molecule has 1 N–H and O–H groups in total. The number of benzene rings is 1. The van der Waals surface area contributed by atoms with Gasteiger partial charge in [-0.3, -0.25) is 4.79 Å². The summed E-state index contributed by atoms with van der Waals surface area (Å²) < 4.78 is 10.5. The van der Waals surface area contributed by atoms with Gasteiger partial charge in [-0.1, -0.05) is 0 Å². The van der Waals surface area contributed by atoms with Crippen molar-refractivity contribution in [3.05, 3.63) is 23.8 Å². The fourth-order valence-electron chi connectivity index (χ4n) is 2.81. The Kier molecular flexibility index (Phi) is 6.34. The van der Waals surface area contributed by atoms with Crippen molar-refractivity contribution in [2.24, 2.45) is 0 Å². The predicted octanol–water partition coefficient (Wildman–Crippen LogP) is 2.44. The molecular weight excluding hydrogens is 304 g/mol. The molecule has 5 nitrogen and oxygen atoms in total. The first-order chi connectivity index (χ1) is 10.3. The topological polar surface area (TPSA) is 50.8 Å². The molecule has 3 rings (SSSR count). The Balaban J connectivity index is 0.00000176. The Morgan fingerprint density at radius 3 is 2.73 bits per heavy atom. The van der Waals surface area contributed by atoms with E-state index < -0.39 is 0 Å². The van der Waals surface area contributed by atoms with E-state index in [9.17, 15) is 4.79 Å². The fourth-order valence-corrected chi connectivity index (χ4v) is 2.81. The molecule has 1 aromatic carbocycles. The number of nitrogens with zero attached hydrogens (tertiary/aromatic N) is 1. The van der Waals surface area contributed by atoms with Crippen molar-refractivity contribution < 1.29 is 14.3 Å². The zero-order valence-electron chi connectivity index (χ0n) is 12.7. The van der Waals surface area contributed by atoms with Gasteiger partial charge in [0.2, 0.25) is 6.79 Å². The summed E-state index contributed by atoms with van der Waals surface area (Å²) in [7, 11) is 0. The molecule has 0 saturated carbocycles. The predicted molar refractivity (Wildman–Crippen MR) is 87.1 cm³/mol. The van der Waals surface area contributed by atoms with Gasteiger partial charge in [-0.25, -0.2) is 0 Å². The number of rotatable bonds is 6. The second-order valence-corrected chi connectivity index (χ2v) is 5.58. The van der Waals surface area contributed by atoms with E-state index in [-0.39, 0.29) is 25.1 Å². The molecule has 2 aliphatic rings. The molecule has 0 atom stereocenters. The highest BCUT2D eigenvalue weighted by Gasteiger charge is 2.16. The number of hydrogen-bond acceptors (Lipinski definition) is 4. The molecule has 1 saturated heterocycles. The average molecular weight is 327 g/mol. The Labute approximate surface area is 137 Å². The van der Waals surface area contributed by atoms with Crippen LogP contribution >= 0.6 is 12.4 Å². The van der Waals surface area contributed by atoms with Gasteiger partial charge in [-0.15, -0.1) is 12.4 Å². The molecule has 0 unspecified atom stereocenters. The standard InChI is InChI=1S/C16H22N2O3.ClH/c19-16(13-5-6-14-15(11-13)21-12-20-14)17-7-1-2-8-18-9-3-4-10-18;/h5-6,11H,1-4,7-10,12H2,(H,17,19);1H. The SMILES string of the molecule is Cl.O=C(NCCCCN1CCCC1)c1ccc2c(c1)OCO2. The Morgan fingerprint density at radius 1 is 1.14 bits per heavy atom. The molecule has 1 amide bonds. The van der Waals surface area contributed by atoms with E-state index in [4.69, 9.17) is 9.47 Å². The minimum absolute atomic E-state index is 0. The molecule has 1 fully saturated rings. The summed E-state index contributed by atoms with van der Waals surface area (Å²) in [6.07, 6.45) is 4.83. The highest BCUT2D eigenvalue weighted by atomic mass is 35.5. The lowest BCUT2D eigenvalue weighted by Crippen LogP contribution is -2.26. The van der Waals surface area contributed by atoms with Crippen LogP contribution in [0.1, 0.15) is 36.0 Å². The van der Waals surface area contributed by atoms with Crippen LogP contribution in [0.15, 0.2) is 18.2 Å². The quantitative estimate of drug-likeness (QED) is 0.816. The van der Waals surface area contributed by atoms with Gasteiger partial charge in [0.25, 0.3) is 5.91 Å². The van der Waals surface area contributed by atoms with Gasteiger partial charge in [0.15, 0.2) is 11.5 Å². The van der Waals surface area contributed by atoms with Crippen molar-refractivity contribution >= 4 is 18.3 Å². The Bertz CT molecular complexity index is 504. The van der Waals surface area contributed by atoms with Crippen LogP contribution in [-0.4, -0.2) is 43.8 Å². The number of ether oxygens (including phenoxy) is 2. The summed E-state index contributed by atoms with van der Waals surface area (Å²) in [5.74, 6) is 1.31. The van der Waals surface area contributed by atoms with Gasteiger partial charge in [0.05, 0.1) is 0 Å². The number of halogens is 1. The summed E-state index contributed by atoms with van der Waals surface area (Å²) in [5.41, 5.74) is 0.624. The third-order valence-corrected chi connectivity index (χ3v) is 4.02. The molecule has 0 radical (unpaired) electrons. The summed E-state index contributed by atoms with van der Waals surface area (Å²) in [4.78, 5) is 14.5. The van der Waals surface area contributed by atoms with E-state index in [1.807, 2.05) is 0 Å². The molecule has 122 valence electrons. The third kappa shape index (κ3) is 4.27. The first-order valence-electron chi connectivity index (χ1n) is 7.73. The van der Waals surface area contributed by atoms with Crippen LogP contribution in [0.5, 0.6) is 11.5 Å². The van der Waals surface area contributed by atoms with E-state index in [1.54, 1.807) is 18.2 Å². The monoisotopic (exact) mass is 326 g/mol. The number of carbonyl (C=O) groups excluding carboxylic acids is 1. The van der Waals surface area contributed by atoms with Crippen LogP contribution in [-0.2, 0) is 0 Å². The van der Waals surface area contributed by atoms with E-state index in [0.29, 0.717) is 17.1 Å². The van der Waals surface area contributed by atoms with Crippen molar-refractivity contribution in [1.29, 1.82) is 0 Å². The Hall–Kier alpha value is -1.46. The number of fused-ring (bicyclic) bond motifs is 1. The molecule has 2 heterocycles. The molecule has 22 heavy (non-hydrogen) atoms. The van der Waals surface area contributed by atoms with Gasteiger partial charge in [-0.05, 0) is 63.5 Å². The van der Waals surface area contributed by atoms with Gasteiger partial charge < -0.3 is 19.7 Å². The third-order valence-electron chi connectivity index (χ3n) is 4.02. The van der Waals surface area contributed by atoms with E-state index in [2.05, 4.69) is 10.2 Å². The minimum Gasteiger partial charge on any atom is -0.454 e. The van der Waals surface area contributed by atoms with Crippen LogP contribution in [0.4, 0.5) is 0 Å². The lowest BCUT2D eigenvalue weighted by molar-refractivity contribution is 0.0952. The lowest BCUT2D eigenvalue weighted by Gasteiger charge is -2.14. The summed E-state index contributed by atoms with van der Waals surface area (Å²) in [6.45, 7) is 4.59. The van der Waals surface area contributed by atoms with Crippen molar-refractivity contribution in [1.82, 2.24) is 10.2 Å². The second kappa shape index (κ2) is 8.25. The van der Waals surface area contributed by atoms with Crippen molar-refractivity contribution in [3.8, 4) is 11.5 Å². The van der Waals surface area contributed by atoms with Crippen molar-refractivity contribution in [2.75, 3.05) is 33.0 Å². The maximum Gasteiger partial charge on any atom is 0.251 e. The molecule has 2 aliphatic heterocycles. The number of unbranched alkanes of at least 4 members (excludes halogenated alkanes) is 1. The molecule has 1 aromatic rings. The Morgan fingerprint density at radius 2 is 1.91 bits per heavy atom. The van der Waals surface area contributed by atoms with Gasteiger partial charge in [-0.2, -0.15) is 0 Å². The number of nitrogens with one attached hydrogen (secondary N) is 1. The molecule has 0 aromatic heterocycles. The number of amides is 1. The summed E-state index contributed by atoms with van der Waals surface area (Å²) in [6, 6.07) is 5.29. The van der Waals surface area contributed by atoms with E-state index in [0.717, 1.165) is 25.9 Å². The van der Waals surface area contributed by atoms with E-state index in [1.165, 1.54) is 25.9 Å². The average Bonchev–Trinajstić information content (AvgIpc) is 3.17. The molecule has 6 heteroatoms. The second-order valence-electron chi connectivity index (χ2n) is 5.58. The van der Waals surface area contributed by atoms with Crippen LogP contribution < -0.4 is 14.8 Å². The minimum atomic E-state index is -0.0468. The molecular formula is C16H23ClN2O3. The number of hydrogen-bond donors (Lipinski definition) is 1. The van der Waals surface area contributed by atoms with Crippen LogP contribution in [0.3, 0.4) is 0 Å².